The van der Waals surface area contributed by atoms with Crippen molar-refractivity contribution < 1.29 is 4.74 Å². The average Bonchev–Trinajstić information content (AvgIpc) is 2.87. The normalized spacial score (nSPS) is 21.6. The lowest BCUT2D eigenvalue weighted by molar-refractivity contribution is 0.0491. The van der Waals surface area contributed by atoms with Crippen molar-refractivity contribution in [2.45, 2.75) is 52.7 Å². The number of hydrogen-bond donors (Lipinski definition) is 0. The molecular weight excluding hydrogens is 250 g/mol. The molecule has 112 valence electrons. The van der Waals surface area contributed by atoms with Gasteiger partial charge in [0.05, 0.1) is 29.7 Å². The van der Waals surface area contributed by atoms with Gasteiger partial charge in [-0.15, -0.1) is 0 Å². The summed E-state index contributed by atoms with van der Waals surface area (Å²) in [5.41, 5.74) is 2.02. The summed E-state index contributed by atoms with van der Waals surface area (Å²) in [6.07, 6.45) is 6.40. The highest BCUT2D eigenvalue weighted by Crippen LogP contribution is 2.24. The van der Waals surface area contributed by atoms with E-state index in [1.54, 1.807) is 0 Å². The van der Waals surface area contributed by atoms with Crippen molar-refractivity contribution in [3.8, 4) is 0 Å². The maximum atomic E-state index is 5.97. The highest BCUT2D eigenvalue weighted by molar-refractivity contribution is 5.06. The molecule has 4 heteroatoms. The molecule has 1 aliphatic rings. The van der Waals surface area contributed by atoms with Gasteiger partial charge in [0.1, 0.15) is 0 Å². The van der Waals surface area contributed by atoms with E-state index in [0.717, 1.165) is 43.9 Å². The Labute approximate surface area is 122 Å². The summed E-state index contributed by atoms with van der Waals surface area (Å²) in [6, 6.07) is 0.321. The van der Waals surface area contributed by atoms with E-state index >= 15 is 0 Å². The van der Waals surface area contributed by atoms with Gasteiger partial charge in [0.2, 0.25) is 0 Å². The lowest BCUT2D eigenvalue weighted by Gasteiger charge is -2.23. The van der Waals surface area contributed by atoms with Crippen LogP contribution >= 0.6 is 0 Å². The largest absolute Gasteiger partial charge is 0.377 e. The molecule has 0 N–H and O–H groups in total. The van der Waals surface area contributed by atoms with Gasteiger partial charge in [-0.25, -0.2) is 0 Å². The van der Waals surface area contributed by atoms with Crippen LogP contribution in [0.4, 0.5) is 0 Å². The second kappa shape index (κ2) is 7.14. The number of ether oxygens (including phenoxy) is 1. The molecule has 2 rings (SSSR count). The second-order valence-electron chi connectivity index (χ2n) is 6.22. The van der Waals surface area contributed by atoms with Crippen molar-refractivity contribution in [1.82, 2.24) is 14.9 Å². The molecule has 0 spiro atoms. The van der Waals surface area contributed by atoms with Gasteiger partial charge in [0.25, 0.3) is 0 Å². The third-order valence-electron chi connectivity index (χ3n) is 4.00. The minimum atomic E-state index is 0.321. The number of rotatable bonds is 6. The fourth-order valence-corrected chi connectivity index (χ4v) is 2.52. The number of aromatic nitrogens is 2. The van der Waals surface area contributed by atoms with E-state index in [9.17, 15) is 0 Å². The topological polar surface area (TPSA) is 38.2 Å². The van der Waals surface area contributed by atoms with E-state index in [2.05, 4.69) is 35.6 Å². The van der Waals surface area contributed by atoms with Gasteiger partial charge in [-0.2, -0.15) is 0 Å². The molecule has 1 fully saturated rings. The van der Waals surface area contributed by atoms with Crippen molar-refractivity contribution in [2.24, 2.45) is 5.92 Å². The molecule has 0 aliphatic carbocycles. The van der Waals surface area contributed by atoms with Crippen LogP contribution in [0.1, 0.15) is 51.0 Å². The Morgan fingerprint density at radius 2 is 2.10 bits per heavy atom. The summed E-state index contributed by atoms with van der Waals surface area (Å²) < 4.78 is 5.97. The molecule has 4 nitrogen and oxygen atoms in total. The monoisotopic (exact) mass is 277 g/mol. The zero-order chi connectivity index (χ0) is 14.5. The lowest BCUT2D eigenvalue weighted by atomic mass is 10.1. The molecule has 0 radical (unpaired) electrons. The van der Waals surface area contributed by atoms with Crippen LogP contribution in [0.5, 0.6) is 0 Å². The highest BCUT2D eigenvalue weighted by Gasteiger charge is 2.27. The molecule has 0 unspecified atom stereocenters. The average molecular weight is 277 g/mol. The Balaban J connectivity index is 1.81. The summed E-state index contributed by atoms with van der Waals surface area (Å²) in [6.45, 7) is 11.6. The Morgan fingerprint density at radius 3 is 2.75 bits per heavy atom. The molecule has 0 amide bonds. The molecule has 1 aliphatic heterocycles. The molecule has 2 atom stereocenters. The third-order valence-corrected chi connectivity index (χ3v) is 4.00. The van der Waals surface area contributed by atoms with Crippen LogP contribution in [-0.2, 0) is 4.74 Å². The van der Waals surface area contributed by atoms with E-state index in [-0.39, 0.29) is 0 Å². The van der Waals surface area contributed by atoms with Gasteiger partial charge in [-0.05, 0) is 32.6 Å². The standard InChI is InChI=1S/C16H27N3O/c1-12(2)6-8-20-15-5-7-19(11-15)14(4)16-10-17-13(3)9-18-16/h9-10,12,14-15H,5-8,11H2,1-4H3/t14-,15-/m1/s1. The zero-order valence-corrected chi connectivity index (χ0v) is 13.2. The number of hydrogen-bond acceptors (Lipinski definition) is 4. The van der Waals surface area contributed by atoms with Crippen molar-refractivity contribution >= 4 is 0 Å². The quantitative estimate of drug-likeness (QED) is 0.801. The number of aryl methyl sites for hydroxylation is 1. The van der Waals surface area contributed by atoms with E-state index in [4.69, 9.17) is 4.74 Å². The predicted molar refractivity (Wildman–Crippen MR) is 80.6 cm³/mol. The van der Waals surface area contributed by atoms with Gasteiger partial charge >= 0.3 is 0 Å². The fraction of sp³-hybridized carbons (Fsp3) is 0.750. The zero-order valence-electron chi connectivity index (χ0n) is 13.2. The summed E-state index contributed by atoms with van der Waals surface area (Å²) in [5.74, 6) is 0.717. The maximum absolute atomic E-state index is 5.97. The molecule has 1 aromatic heterocycles. The van der Waals surface area contributed by atoms with Crippen molar-refractivity contribution in [3.05, 3.63) is 23.8 Å². The first-order valence-electron chi connectivity index (χ1n) is 7.70. The predicted octanol–water partition coefficient (Wildman–Crippen LogP) is 2.98. The molecule has 20 heavy (non-hydrogen) atoms. The first kappa shape index (κ1) is 15.4. The van der Waals surface area contributed by atoms with Crippen LogP contribution in [0.25, 0.3) is 0 Å². The molecule has 2 heterocycles. The first-order chi connectivity index (χ1) is 9.56. The molecule has 1 saturated heterocycles. The molecule has 1 aromatic rings. The van der Waals surface area contributed by atoms with Gasteiger partial charge in [-0.1, -0.05) is 13.8 Å². The first-order valence-corrected chi connectivity index (χ1v) is 7.70. The van der Waals surface area contributed by atoms with E-state index in [0.29, 0.717) is 18.1 Å². The van der Waals surface area contributed by atoms with E-state index in [1.165, 1.54) is 0 Å². The molecule has 0 aromatic carbocycles. The van der Waals surface area contributed by atoms with E-state index in [1.807, 2.05) is 19.3 Å². The van der Waals surface area contributed by atoms with Crippen LogP contribution in [0, 0.1) is 12.8 Å². The van der Waals surface area contributed by atoms with Crippen molar-refractivity contribution in [3.63, 3.8) is 0 Å². The second-order valence-corrected chi connectivity index (χ2v) is 6.22. The van der Waals surface area contributed by atoms with Crippen LogP contribution in [0.2, 0.25) is 0 Å². The minimum absolute atomic E-state index is 0.321. The SMILES string of the molecule is Cc1cnc([C@@H](C)N2CC[C@@H](OCCC(C)C)C2)cn1. The summed E-state index contributed by atoms with van der Waals surface area (Å²) >= 11 is 0. The van der Waals surface area contributed by atoms with Crippen molar-refractivity contribution in [2.75, 3.05) is 19.7 Å². The van der Waals surface area contributed by atoms with Crippen LogP contribution in [0.3, 0.4) is 0 Å². The van der Waals surface area contributed by atoms with Gasteiger partial charge in [-0.3, -0.25) is 14.9 Å². The van der Waals surface area contributed by atoms with Gasteiger partial charge in [0, 0.05) is 25.9 Å². The van der Waals surface area contributed by atoms with Gasteiger partial charge < -0.3 is 4.74 Å². The maximum Gasteiger partial charge on any atom is 0.0755 e. The lowest BCUT2D eigenvalue weighted by Crippen LogP contribution is -2.27. The summed E-state index contributed by atoms with van der Waals surface area (Å²) in [5, 5.41) is 0. The van der Waals surface area contributed by atoms with Gasteiger partial charge in [0.15, 0.2) is 0 Å². The molecular formula is C16H27N3O. The number of nitrogens with zero attached hydrogens (tertiary/aromatic N) is 3. The minimum Gasteiger partial charge on any atom is -0.377 e. The molecule has 0 bridgehead atoms. The van der Waals surface area contributed by atoms with E-state index < -0.39 is 0 Å². The smallest absolute Gasteiger partial charge is 0.0755 e. The summed E-state index contributed by atoms with van der Waals surface area (Å²) in [7, 11) is 0. The highest BCUT2D eigenvalue weighted by atomic mass is 16.5. The van der Waals surface area contributed by atoms with Crippen LogP contribution in [0.15, 0.2) is 12.4 Å². The Morgan fingerprint density at radius 1 is 1.30 bits per heavy atom. The van der Waals surface area contributed by atoms with Crippen LogP contribution < -0.4 is 0 Å². The Hall–Kier alpha value is -1.00. The fourth-order valence-electron chi connectivity index (χ4n) is 2.52. The van der Waals surface area contributed by atoms with Crippen LogP contribution in [-0.4, -0.2) is 40.7 Å². The Kier molecular flexibility index (Phi) is 5.49. The van der Waals surface area contributed by atoms with Crippen molar-refractivity contribution in [1.29, 1.82) is 0 Å². The number of likely N-dealkylation sites (tertiary alicyclic amines) is 1. The molecule has 0 saturated carbocycles. The Bertz CT molecular complexity index is 405. The summed E-state index contributed by atoms with van der Waals surface area (Å²) in [4.78, 5) is 11.3. The third kappa shape index (κ3) is 4.25.